The van der Waals surface area contributed by atoms with Crippen LogP contribution in [-0.2, 0) is 6.42 Å². The molecule has 6 heteroatoms. The van der Waals surface area contributed by atoms with E-state index in [0.717, 1.165) is 24.5 Å². The largest absolute Gasteiger partial charge is 0.319 e. The molecule has 1 N–H and O–H groups in total. The van der Waals surface area contributed by atoms with Crippen molar-refractivity contribution in [2.75, 3.05) is 13.6 Å². The normalized spacial score (nSPS) is 10.6. The summed E-state index contributed by atoms with van der Waals surface area (Å²) < 4.78 is 0. The standard InChI is InChI=1S/C10H12ClN5/c1-12-7-6-10-13-15-16(14-10)9-4-2-8(11)3-5-9/h2-5,12H,6-7H2,1H3. The van der Waals surface area contributed by atoms with E-state index in [4.69, 9.17) is 11.6 Å². The molecule has 0 unspecified atom stereocenters. The minimum atomic E-state index is 0.694. The molecule has 0 atom stereocenters. The summed E-state index contributed by atoms with van der Waals surface area (Å²) in [5.41, 5.74) is 0.854. The van der Waals surface area contributed by atoms with Crippen LogP contribution in [0.1, 0.15) is 5.82 Å². The summed E-state index contributed by atoms with van der Waals surface area (Å²) in [5, 5.41) is 15.9. The molecule has 0 radical (unpaired) electrons. The van der Waals surface area contributed by atoms with E-state index in [2.05, 4.69) is 20.7 Å². The fraction of sp³-hybridized carbons (Fsp3) is 0.300. The van der Waals surface area contributed by atoms with Crippen molar-refractivity contribution >= 4 is 11.6 Å². The van der Waals surface area contributed by atoms with Gasteiger partial charge in [-0.15, -0.1) is 15.0 Å². The Morgan fingerprint density at radius 1 is 1.31 bits per heavy atom. The second-order valence-electron chi connectivity index (χ2n) is 3.33. The summed E-state index contributed by atoms with van der Waals surface area (Å²) in [6, 6.07) is 7.30. The van der Waals surface area contributed by atoms with E-state index in [1.165, 1.54) is 4.80 Å². The summed E-state index contributed by atoms with van der Waals surface area (Å²) >= 11 is 5.80. The number of likely N-dealkylation sites (N-methyl/N-ethyl adjacent to an activating group) is 1. The van der Waals surface area contributed by atoms with Crippen molar-refractivity contribution in [3.8, 4) is 5.69 Å². The van der Waals surface area contributed by atoms with E-state index in [1.54, 1.807) is 12.1 Å². The predicted molar refractivity (Wildman–Crippen MR) is 61.8 cm³/mol. The molecule has 0 bridgehead atoms. The monoisotopic (exact) mass is 237 g/mol. The summed E-state index contributed by atoms with van der Waals surface area (Å²) in [7, 11) is 1.89. The van der Waals surface area contributed by atoms with Crippen LogP contribution in [0.3, 0.4) is 0 Å². The molecule has 1 aromatic heterocycles. The molecule has 0 amide bonds. The lowest BCUT2D eigenvalue weighted by Gasteiger charge is -1.97. The topological polar surface area (TPSA) is 55.6 Å². The molecule has 16 heavy (non-hydrogen) atoms. The molecule has 2 aromatic rings. The van der Waals surface area contributed by atoms with Crippen LogP contribution in [0, 0.1) is 0 Å². The van der Waals surface area contributed by atoms with Gasteiger partial charge in [-0.1, -0.05) is 11.6 Å². The van der Waals surface area contributed by atoms with Gasteiger partial charge in [-0.2, -0.15) is 0 Å². The maximum absolute atomic E-state index is 5.80. The second-order valence-corrected chi connectivity index (χ2v) is 3.76. The number of nitrogens with zero attached hydrogens (tertiary/aromatic N) is 4. The van der Waals surface area contributed by atoms with Gasteiger partial charge >= 0.3 is 0 Å². The molecule has 0 aliphatic heterocycles. The lowest BCUT2D eigenvalue weighted by Crippen LogP contribution is -2.11. The highest BCUT2D eigenvalue weighted by Crippen LogP contribution is 2.11. The minimum Gasteiger partial charge on any atom is -0.319 e. The summed E-state index contributed by atoms with van der Waals surface area (Å²) in [6.07, 6.45) is 0.768. The molecule has 1 aromatic carbocycles. The van der Waals surface area contributed by atoms with Crippen LogP contribution in [0.5, 0.6) is 0 Å². The maximum Gasteiger partial charge on any atom is 0.176 e. The average Bonchev–Trinajstić information content (AvgIpc) is 2.76. The smallest absolute Gasteiger partial charge is 0.176 e. The van der Waals surface area contributed by atoms with Crippen LogP contribution >= 0.6 is 11.6 Å². The van der Waals surface area contributed by atoms with Crippen LogP contribution < -0.4 is 5.32 Å². The van der Waals surface area contributed by atoms with Crippen molar-refractivity contribution in [1.82, 2.24) is 25.5 Å². The summed E-state index contributed by atoms with van der Waals surface area (Å²) in [4.78, 5) is 1.50. The lowest BCUT2D eigenvalue weighted by atomic mass is 10.3. The van der Waals surface area contributed by atoms with Crippen molar-refractivity contribution in [2.24, 2.45) is 0 Å². The van der Waals surface area contributed by atoms with Gasteiger partial charge in [0.1, 0.15) is 0 Å². The fourth-order valence-corrected chi connectivity index (χ4v) is 1.39. The Labute approximate surface area is 98.4 Å². The lowest BCUT2D eigenvalue weighted by molar-refractivity contribution is 0.713. The minimum absolute atomic E-state index is 0.694. The zero-order valence-corrected chi connectivity index (χ0v) is 9.65. The van der Waals surface area contributed by atoms with Crippen molar-refractivity contribution in [2.45, 2.75) is 6.42 Å². The first-order valence-electron chi connectivity index (χ1n) is 4.99. The summed E-state index contributed by atoms with van der Waals surface area (Å²) in [6.45, 7) is 0.840. The highest BCUT2D eigenvalue weighted by Gasteiger charge is 2.03. The first-order valence-corrected chi connectivity index (χ1v) is 5.37. The van der Waals surface area contributed by atoms with Crippen molar-refractivity contribution in [3.63, 3.8) is 0 Å². The first kappa shape index (κ1) is 11.0. The van der Waals surface area contributed by atoms with E-state index in [0.29, 0.717) is 5.02 Å². The molecule has 5 nitrogen and oxygen atoms in total. The third-order valence-corrected chi connectivity index (χ3v) is 2.36. The molecule has 0 fully saturated rings. The van der Waals surface area contributed by atoms with Gasteiger partial charge in [0.15, 0.2) is 5.82 Å². The Morgan fingerprint density at radius 3 is 2.75 bits per heavy atom. The van der Waals surface area contributed by atoms with Crippen LogP contribution in [-0.4, -0.2) is 33.8 Å². The Balaban J connectivity index is 2.15. The number of hydrogen-bond acceptors (Lipinski definition) is 4. The zero-order valence-electron chi connectivity index (χ0n) is 8.89. The molecule has 0 saturated carbocycles. The van der Waals surface area contributed by atoms with Gasteiger partial charge in [-0.3, -0.25) is 0 Å². The van der Waals surface area contributed by atoms with Crippen molar-refractivity contribution in [1.29, 1.82) is 0 Å². The van der Waals surface area contributed by atoms with E-state index < -0.39 is 0 Å². The third-order valence-electron chi connectivity index (χ3n) is 2.11. The molecule has 0 saturated heterocycles. The molecular weight excluding hydrogens is 226 g/mol. The van der Waals surface area contributed by atoms with Crippen molar-refractivity contribution < 1.29 is 0 Å². The third kappa shape index (κ3) is 2.56. The van der Waals surface area contributed by atoms with E-state index in [-0.39, 0.29) is 0 Å². The van der Waals surface area contributed by atoms with Gasteiger partial charge < -0.3 is 5.32 Å². The second kappa shape index (κ2) is 5.05. The SMILES string of the molecule is CNCCc1nnn(-c2ccc(Cl)cc2)n1. The van der Waals surface area contributed by atoms with Gasteiger partial charge in [-0.05, 0) is 36.5 Å². The van der Waals surface area contributed by atoms with Crippen molar-refractivity contribution in [3.05, 3.63) is 35.1 Å². The number of halogens is 1. The molecular formula is C10H12ClN5. The number of rotatable bonds is 4. The average molecular weight is 238 g/mol. The van der Waals surface area contributed by atoms with Crippen LogP contribution in [0.25, 0.3) is 5.69 Å². The molecule has 1 heterocycles. The molecule has 84 valence electrons. The van der Waals surface area contributed by atoms with Gasteiger partial charge in [0.25, 0.3) is 0 Å². The van der Waals surface area contributed by atoms with E-state index in [9.17, 15) is 0 Å². The Hall–Kier alpha value is -1.46. The Morgan fingerprint density at radius 2 is 2.06 bits per heavy atom. The molecule has 2 rings (SSSR count). The number of benzene rings is 1. The van der Waals surface area contributed by atoms with Gasteiger partial charge in [0, 0.05) is 18.0 Å². The highest BCUT2D eigenvalue weighted by atomic mass is 35.5. The highest BCUT2D eigenvalue weighted by molar-refractivity contribution is 6.30. The van der Waals surface area contributed by atoms with E-state index >= 15 is 0 Å². The molecule has 0 aliphatic rings. The van der Waals surface area contributed by atoms with E-state index in [1.807, 2.05) is 19.2 Å². The Kier molecular flexibility index (Phi) is 3.48. The number of nitrogens with one attached hydrogen (secondary N) is 1. The zero-order chi connectivity index (χ0) is 11.4. The number of tetrazole rings is 1. The fourth-order valence-electron chi connectivity index (χ4n) is 1.26. The number of hydrogen-bond donors (Lipinski definition) is 1. The quantitative estimate of drug-likeness (QED) is 0.865. The number of aromatic nitrogens is 4. The maximum atomic E-state index is 5.80. The van der Waals surface area contributed by atoms with Crippen LogP contribution in [0.15, 0.2) is 24.3 Å². The van der Waals surface area contributed by atoms with Crippen LogP contribution in [0.2, 0.25) is 5.02 Å². The van der Waals surface area contributed by atoms with Gasteiger partial charge in [0.05, 0.1) is 5.69 Å². The van der Waals surface area contributed by atoms with Gasteiger partial charge in [-0.25, -0.2) is 0 Å². The predicted octanol–water partition coefficient (Wildman–Crippen LogP) is 1.08. The molecule has 0 aliphatic carbocycles. The first-order chi connectivity index (χ1) is 7.79. The van der Waals surface area contributed by atoms with Gasteiger partial charge in [0.2, 0.25) is 0 Å². The molecule has 0 spiro atoms. The Bertz CT molecular complexity index is 450. The summed E-state index contributed by atoms with van der Waals surface area (Å²) in [5.74, 6) is 0.726. The van der Waals surface area contributed by atoms with Crippen LogP contribution in [0.4, 0.5) is 0 Å².